The smallest absolute Gasteiger partial charge is 0.263 e. The number of anilines is 1. The molecule has 0 aromatic carbocycles. The van der Waals surface area contributed by atoms with Crippen molar-refractivity contribution in [2.75, 3.05) is 18.0 Å². The Bertz CT molecular complexity index is 817. The van der Waals surface area contributed by atoms with Crippen LogP contribution in [0.1, 0.15) is 30.8 Å². The molecular formula is C17H22N6O. The molecule has 24 heavy (non-hydrogen) atoms. The lowest BCUT2D eigenvalue weighted by Gasteiger charge is -2.33. The van der Waals surface area contributed by atoms with E-state index in [1.54, 1.807) is 0 Å². The van der Waals surface area contributed by atoms with Crippen molar-refractivity contribution in [2.24, 2.45) is 5.92 Å². The maximum atomic E-state index is 5.32. The van der Waals surface area contributed by atoms with Gasteiger partial charge in [-0.2, -0.15) is 10.1 Å². The summed E-state index contributed by atoms with van der Waals surface area (Å²) < 4.78 is 7.34. The Balaban J connectivity index is 1.45. The van der Waals surface area contributed by atoms with Crippen molar-refractivity contribution in [3.63, 3.8) is 0 Å². The molecule has 0 bridgehead atoms. The molecule has 126 valence electrons. The van der Waals surface area contributed by atoms with Gasteiger partial charge in [-0.15, -0.1) is 0 Å². The molecule has 0 unspecified atom stereocenters. The fraction of sp³-hybridized carbons (Fsp3) is 0.529. The summed E-state index contributed by atoms with van der Waals surface area (Å²) in [5.41, 5.74) is 1.46. The number of rotatable bonds is 4. The van der Waals surface area contributed by atoms with E-state index in [2.05, 4.69) is 25.1 Å². The topological polar surface area (TPSA) is 72.9 Å². The lowest BCUT2D eigenvalue weighted by molar-refractivity contribution is 0.353. The van der Waals surface area contributed by atoms with E-state index in [1.165, 1.54) is 19.3 Å². The highest BCUT2D eigenvalue weighted by molar-refractivity contribution is 5.88. The molecule has 0 spiro atoms. The fourth-order valence-electron chi connectivity index (χ4n) is 3.48. The first kappa shape index (κ1) is 15.1. The molecule has 0 amide bonds. The highest BCUT2D eigenvalue weighted by atomic mass is 16.5. The summed E-state index contributed by atoms with van der Waals surface area (Å²) in [5.74, 6) is 2.45. The average Bonchev–Trinajstić information content (AvgIpc) is 3.23. The highest BCUT2D eigenvalue weighted by Gasteiger charge is 2.24. The van der Waals surface area contributed by atoms with Gasteiger partial charge in [0.1, 0.15) is 17.0 Å². The Morgan fingerprint density at radius 1 is 1.21 bits per heavy atom. The zero-order valence-electron chi connectivity index (χ0n) is 14.1. The third-order valence-corrected chi connectivity index (χ3v) is 4.84. The number of hydrogen-bond acceptors (Lipinski definition) is 6. The summed E-state index contributed by atoms with van der Waals surface area (Å²) in [6.45, 7) is 6.88. The van der Waals surface area contributed by atoms with Crippen molar-refractivity contribution in [1.29, 1.82) is 0 Å². The lowest BCUT2D eigenvalue weighted by Crippen LogP contribution is -2.35. The third-order valence-electron chi connectivity index (χ3n) is 4.84. The lowest BCUT2D eigenvalue weighted by atomic mass is 9.93. The van der Waals surface area contributed by atoms with Gasteiger partial charge in [0, 0.05) is 32.0 Å². The van der Waals surface area contributed by atoms with E-state index in [4.69, 9.17) is 4.52 Å². The number of hydrogen-bond donors (Lipinski definition) is 0. The van der Waals surface area contributed by atoms with E-state index in [0.29, 0.717) is 5.71 Å². The van der Waals surface area contributed by atoms with Crippen LogP contribution in [0.25, 0.3) is 11.1 Å². The van der Waals surface area contributed by atoms with Crippen LogP contribution in [-0.4, -0.2) is 38.0 Å². The summed E-state index contributed by atoms with van der Waals surface area (Å²) in [6, 6.07) is 1.98. The van der Waals surface area contributed by atoms with Crippen LogP contribution in [-0.2, 0) is 6.54 Å². The Kier molecular flexibility index (Phi) is 3.92. The van der Waals surface area contributed by atoms with Crippen LogP contribution in [0.15, 0.2) is 23.0 Å². The maximum absolute atomic E-state index is 5.32. The van der Waals surface area contributed by atoms with Crippen LogP contribution >= 0.6 is 0 Å². The molecule has 1 aliphatic rings. The predicted octanol–water partition coefficient (Wildman–Crippen LogP) is 2.74. The van der Waals surface area contributed by atoms with E-state index in [-0.39, 0.29) is 0 Å². The second-order valence-corrected chi connectivity index (χ2v) is 6.53. The summed E-state index contributed by atoms with van der Waals surface area (Å²) >= 11 is 0. The van der Waals surface area contributed by atoms with Crippen LogP contribution in [0.4, 0.5) is 5.82 Å². The van der Waals surface area contributed by atoms with Gasteiger partial charge in [0.15, 0.2) is 0 Å². The number of nitrogens with zero attached hydrogens (tertiary/aromatic N) is 6. The summed E-state index contributed by atoms with van der Waals surface area (Å²) in [7, 11) is 0. The molecule has 0 radical (unpaired) electrons. The number of aromatic nitrogens is 5. The van der Waals surface area contributed by atoms with Crippen molar-refractivity contribution >= 4 is 16.9 Å². The molecule has 0 atom stereocenters. The van der Waals surface area contributed by atoms with E-state index in [1.807, 2.05) is 37.0 Å². The quantitative estimate of drug-likeness (QED) is 0.734. The van der Waals surface area contributed by atoms with E-state index < -0.39 is 0 Å². The standard InChI is InChI=1S/C17H22N6O/c1-12-15-16(19-13(2)20-17(15)24-21-12)22-9-4-14(5-10-22)6-11-23-8-3-7-18-23/h3,7-8,14H,4-6,9-11H2,1-2H3. The van der Waals surface area contributed by atoms with Gasteiger partial charge in [-0.3, -0.25) is 4.68 Å². The van der Waals surface area contributed by atoms with E-state index in [9.17, 15) is 0 Å². The van der Waals surface area contributed by atoms with Crippen LogP contribution in [0.3, 0.4) is 0 Å². The first-order chi connectivity index (χ1) is 11.7. The van der Waals surface area contributed by atoms with Crippen LogP contribution in [0.2, 0.25) is 0 Å². The Hall–Kier alpha value is -2.44. The molecule has 4 rings (SSSR count). The molecule has 0 saturated carbocycles. The molecular weight excluding hydrogens is 304 g/mol. The molecule has 7 heteroatoms. The van der Waals surface area contributed by atoms with Gasteiger partial charge >= 0.3 is 0 Å². The van der Waals surface area contributed by atoms with Gasteiger partial charge in [0.05, 0.1) is 5.69 Å². The molecule has 3 aromatic rings. The largest absolute Gasteiger partial charge is 0.356 e. The fourth-order valence-corrected chi connectivity index (χ4v) is 3.48. The van der Waals surface area contributed by atoms with Crippen LogP contribution in [0, 0.1) is 19.8 Å². The first-order valence-electron chi connectivity index (χ1n) is 8.53. The molecule has 4 heterocycles. The average molecular weight is 326 g/mol. The zero-order valence-corrected chi connectivity index (χ0v) is 14.1. The maximum Gasteiger partial charge on any atom is 0.263 e. The molecule has 0 aliphatic carbocycles. The normalized spacial score (nSPS) is 16.2. The predicted molar refractivity (Wildman–Crippen MR) is 90.9 cm³/mol. The van der Waals surface area contributed by atoms with Crippen molar-refractivity contribution in [2.45, 2.75) is 39.7 Å². The number of aryl methyl sites for hydroxylation is 3. The monoisotopic (exact) mass is 326 g/mol. The second-order valence-electron chi connectivity index (χ2n) is 6.53. The molecule has 7 nitrogen and oxygen atoms in total. The zero-order chi connectivity index (χ0) is 16.5. The Labute approximate surface area is 140 Å². The summed E-state index contributed by atoms with van der Waals surface area (Å²) in [6.07, 6.45) is 7.41. The van der Waals surface area contributed by atoms with Gasteiger partial charge in [-0.1, -0.05) is 5.16 Å². The molecule has 1 saturated heterocycles. The number of piperidine rings is 1. The first-order valence-corrected chi connectivity index (χ1v) is 8.53. The van der Waals surface area contributed by atoms with Crippen molar-refractivity contribution in [3.8, 4) is 0 Å². The summed E-state index contributed by atoms with van der Waals surface area (Å²) in [5, 5.41) is 9.29. The van der Waals surface area contributed by atoms with E-state index >= 15 is 0 Å². The second kappa shape index (κ2) is 6.22. The van der Waals surface area contributed by atoms with E-state index in [0.717, 1.165) is 48.3 Å². The SMILES string of the molecule is Cc1nc(N2CCC(CCn3cccn3)CC2)c2c(C)noc2n1. The molecule has 0 N–H and O–H groups in total. The van der Waals surface area contributed by atoms with Gasteiger partial charge in [-0.25, -0.2) is 4.98 Å². The van der Waals surface area contributed by atoms with Gasteiger partial charge in [-0.05, 0) is 45.1 Å². The molecule has 3 aromatic heterocycles. The minimum atomic E-state index is 0.593. The van der Waals surface area contributed by atoms with Gasteiger partial charge in [0.25, 0.3) is 5.71 Å². The number of fused-ring (bicyclic) bond motifs is 1. The molecule has 1 fully saturated rings. The summed E-state index contributed by atoms with van der Waals surface area (Å²) in [4.78, 5) is 11.4. The minimum absolute atomic E-state index is 0.593. The Morgan fingerprint density at radius 2 is 2.04 bits per heavy atom. The van der Waals surface area contributed by atoms with Gasteiger partial charge in [0.2, 0.25) is 0 Å². The van der Waals surface area contributed by atoms with Crippen LogP contribution < -0.4 is 4.90 Å². The van der Waals surface area contributed by atoms with Crippen molar-refractivity contribution < 1.29 is 4.52 Å². The van der Waals surface area contributed by atoms with Gasteiger partial charge < -0.3 is 9.42 Å². The Morgan fingerprint density at radius 3 is 2.79 bits per heavy atom. The third kappa shape index (κ3) is 2.86. The minimum Gasteiger partial charge on any atom is -0.356 e. The van der Waals surface area contributed by atoms with Crippen molar-refractivity contribution in [1.82, 2.24) is 24.9 Å². The molecule has 1 aliphatic heterocycles. The van der Waals surface area contributed by atoms with Crippen molar-refractivity contribution in [3.05, 3.63) is 30.0 Å². The highest BCUT2D eigenvalue weighted by Crippen LogP contribution is 2.31. The van der Waals surface area contributed by atoms with Crippen LogP contribution in [0.5, 0.6) is 0 Å².